The van der Waals surface area contributed by atoms with Crippen LogP contribution in [-0.2, 0) is 9.59 Å². The number of nitrogens with zero attached hydrogens (tertiary/aromatic N) is 1. The first-order valence-corrected chi connectivity index (χ1v) is 5.37. The number of carbonyl (C=O) groups excluding carboxylic acids is 2. The number of rotatable bonds is 1. The molecule has 1 saturated heterocycles. The monoisotopic (exact) mass is 251 g/mol. The van der Waals surface area contributed by atoms with E-state index in [2.05, 4.69) is 0 Å². The Morgan fingerprint density at radius 1 is 1.35 bits per heavy atom. The lowest BCUT2D eigenvalue weighted by molar-refractivity contribution is -0.123. The van der Waals surface area contributed by atoms with Gasteiger partial charge in [-0.05, 0) is 12.1 Å². The Hall–Kier alpha value is -1.81. The average Bonchev–Trinajstić information content (AvgIpc) is 2.53. The van der Waals surface area contributed by atoms with E-state index in [0.717, 1.165) is 0 Å². The number of ketones is 1. The van der Waals surface area contributed by atoms with Crippen LogP contribution in [0.1, 0.15) is 5.56 Å². The Kier molecular flexibility index (Phi) is 2.90. The van der Waals surface area contributed by atoms with Gasteiger partial charge in [0.05, 0.1) is 11.6 Å². The predicted molar refractivity (Wildman–Crippen MR) is 63.6 cm³/mol. The van der Waals surface area contributed by atoms with Gasteiger partial charge in [0.2, 0.25) is 0 Å². The van der Waals surface area contributed by atoms with Gasteiger partial charge in [-0.2, -0.15) is 0 Å². The molecule has 2 rings (SSSR count). The largest absolute Gasteiger partial charge is 0.506 e. The molecule has 1 aromatic rings. The van der Waals surface area contributed by atoms with Crippen LogP contribution in [0, 0.1) is 0 Å². The molecule has 4 nitrogen and oxygen atoms in total. The number of likely N-dealkylation sites (tertiary alicyclic amines) is 1. The maximum absolute atomic E-state index is 11.7. The Morgan fingerprint density at radius 2 is 2.00 bits per heavy atom. The van der Waals surface area contributed by atoms with Crippen molar-refractivity contribution in [3.63, 3.8) is 0 Å². The quantitative estimate of drug-likeness (QED) is 0.469. The topological polar surface area (TPSA) is 57.6 Å². The Balaban J connectivity index is 2.56. The molecule has 1 amide bonds. The van der Waals surface area contributed by atoms with Gasteiger partial charge < -0.3 is 10.0 Å². The molecule has 1 aromatic carbocycles. The molecule has 1 heterocycles. The van der Waals surface area contributed by atoms with Crippen molar-refractivity contribution in [2.24, 2.45) is 0 Å². The average molecular weight is 252 g/mol. The molecule has 0 aromatic heterocycles. The van der Waals surface area contributed by atoms with Crippen molar-refractivity contribution < 1.29 is 14.7 Å². The lowest BCUT2D eigenvalue weighted by Gasteiger charge is -2.06. The van der Waals surface area contributed by atoms with Crippen LogP contribution in [0.2, 0.25) is 5.02 Å². The van der Waals surface area contributed by atoms with Crippen molar-refractivity contribution in [3.05, 3.63) is 40.4 Å². The minimum Gasteiger partial charge on any atom is -0.506 e. The summed E-state index contributed by atoms with van der Waals surface area (Å²) in [6.45, 7) is -0.0112. The SMILES string of the molecule is CN1CC(=O)/C(=C(/O)c2ccccc2Cl)C1=O. The van der Waals surface area contributed by atoms with Gasteiger partial charge in [-0.3, -0.25) is 9.59 Å². The van der Waals surface area contributed by atoms with E-state index in [4.69, 9.17) is 11.6 Å². The minimum absolute atomic E-state index is 0.0112. The number of likely N-dealkylation sites (N-methyl/N-ethyl adjacent to an activating group) is 1. The number of halogens is 1. The van der Waals surface area contributed by atoms with Crippen LogP contribution in [0.5, 0.6) is 0 Å². The van der Waals surface area contributed by atoms with Crippen LogP contribution in [-0.4, -0.2) is 35.3 Å². The highest BCUT2D eigenvalue weighted by Gasteiger charge is 2.34. The number of benzene rings is 1. The Bertz CT molecular complexity index is 536. The lowest BCUT2D eigenvalue weighted by atomic mass is 10.1. The molecular formula is C12H10ClNO3. The van der Waals surface area contributed by atoms with E-state index in [-0.39, 0.29) is 17.9 Å². The first kappa shape index (κ1) is 11.7. The summed E-state index contributed by atoms with van der Waals surface area (Å²) in [6.07, 6.45) is 0. The molecule has 1 aliphatic rings. The van der Waals surface area contributed by atoms with Gasteiger partial charge in [0, 0.05) is 12.6 Å². The molecule has 0 spiro atoms. The molecule has 0 saturated carbocycles. The second kappa shape index (κ2) is 4.22. The normalized spacial score (nSPS) is 18.8. The third-order valence-corrected chi connectivity index (χ3v) is 2.92. The van der Waals surface area contributed by atoms with Crippen molar-refractivity contribution in [1.29, 1.82) is 0 Å². The first-order chi connectivity index (χ1) is 8.02. The Morgan fingerprint density at radius 3 is 2.53 bits per heavy atom. The van der Waals surface area contributed by atoms with Crippen molar-refractivity contribution in [2.75, 3.05) is 13.6 Å². The van der Waals surface area contributed by atoms with Gasteiger partial charge in [-0.1, -0.05) is 23.7 Å². The summed E-state index contributed by atoms with van der Waals surface area (Å²) in [4.78, 5) is 24.5. The first-order valence-electron chi connectivity index (χ1n) is 4.99. The molecule has 17 heavy (non-hydrogen) atoms. The third-order valence-electron chi connectivity index (χ3n) is 2.59. The fraction of sp³-hybridized carbons (Fsp3) is 0.167. The second-order valence-electron chi connectivity index (χ2n) is 3.79. The molecule has 1 aliphatic heterocycles. The number of aliphatic hydroxyl groups excluding tert-OH is 1. The van der Waals surface area contributed by atoms with Crippen LogP contribution in [0.25, 0.3) is 5.76 Å². The summed E-state index contributed by atoms with van der Waals surface area (Å²) in [5.74, 6) is -1.22. The lowest BCUT2D eigenvalue weighted by Crippen LogP contribution is -2.19. The van der Waals surface area contributed by atoms with E-state index in [1.165, 1.54) is 11.9 Å². The summed E-state index contributed by atoms with van der Waals surface area (Å²) < 4.78 is 0. The summed E-state index contributed by atoms with van der Waals surface area (Å²) in [7, 11) is 1.51. The van der Waals surface area contributed by atoms with Gasteiger partial charge >= 0.3 is 0 Å². The molecule has 1 N–H and O–H groups in total. The minimum atomic E-state index is -0.479. The maximum atomic E-state index is 11.7. The number of aliphatic hydroxyl groups is 1. The second-order valence-corrected chi connectivity index (χ2v) is 4.20. The van der Waals surface area contributed by atoms with E-state index in [1.807, 2.05) is 0 Å². The van der Waals surface area contributed by atoms with Crippen molar-refractivity contribution >= 4 is 29.1 Å². The van der Waals surface area contributed by atoms with Gasteiger partial charge in [0.15, 0.2) is 5.78 Å². The van der Waals surface area contributed by atoms with E-state index < -0.39 is 11.7 Å². The number of carbonyl (C=O) groups is 2. The third kappa shape index (κ3) is 1.91. The number of hydrogen-bond donors (Lipinski definition) is 1. The van der Waals surface area contributed by atoms with Crippen molar-refractivity contribution in [1.82, 2.24) is 4.90 Å². The zero-order valence-electron chi connectivity index (χ0n) is 9.11. The van der Waals surface area contributed by atoms with E-state index in [1.54, 1.807) is 24.3 Å². The van der Waals surface area contributed by atoms with E-state index in [9.17, 15) is 14.7 Å². The molecule has 0 atom stereocenters. The smallest absolute Gasteiger partial charge is 0.261 e. The highest BCUT2D eigenvalue weighted by Crippen LogP contribution is 2.27. The number of Topliss-reactive ketones (excluding diaryl/α,β-unsaturated/α-hetero) is 1. The zero-order chi connectivity index (χ0) is 12.6. The molecule has 0 radical (unpaired) electrons. The van der Waals surface area contributed by atoms with Gasteiger partial charge in [0.1, 0.15) is 11.3 Å². The zero-order valence-corrected chi connectivity index (χ0v) is 9.86. The molecule has 0 unspecified atom stereocenters. The summed E-state index contributed by atoms with van der Waals surface area (Å²) in [5, 5.41) is 10.3. The fourth-order valence-corrected chi connectivity index (χ4v) is 1.92. The van der Waals surface area contributed by atoms with Crippen LogP contribution >= 0.6 is 11.6 Å². The molecule has 0 bridgehead atoms. The predicted octanol–water partition coefficient (Wildman–Crippen LogP) is 1.65. The molecular weight excluding hydrogens is 242 g/mol. The van der Waals surface area contributed by atoms with Crippen LogP contribution < -0.4 is 0 Å². The van der Waals surface area contributed by atoms with E-state index in [0.29, 0.717) is 10.6 Å². The number of amides is 1. The van der Waals surface area contributed by atoms with Crippen LogP contribution in [0.3, 0.4) is 0 Å². The summed E-state index contributed by atoms with van der Waals surface area (Å²) in [6, 6.07) is 6.52. The Labute approximate surface area is 103 Å². The van der Waals surface area contributed by atoms with Gasteiger partial charge in [-0.15, -0.1) is 0 Å². The maximum Gasteiger partial charge on any atom is 0.261 e. The molecule has 5 heteroatoms. The number of hydrogen-bond acceptors (Lipinski definition) is 3. The summed E-state index contributed by atoms with van der Waals surface area (Å²) >= 11 is 5.90. The highest BCUT2D eigenvalue weighted by atomic mass is 35.5. The molecule has 0 aliphatic carbocycles. The van der Waals surface area contributed by atoms with Crippen LogP contribution in [0.4, 0.5) is 0 Å². The van der Waals surface area contributed by atoms with Crippen molar-refractivity contribution in [2.45, 2.75) is 0 Å². The molecule has 88 valence electrons. The highest BCUT2D eigenvalue weighted by molar-refractivity contribution is 6.34. The standard InChI is InChI=1S/C12H10ClNO3/c1-14-6-9(15)10(12(14)17)11(16)7-4-2-3-5-8(7)13/h2-5,16H,6H2,1H3/b11-10-. The van der Waals surface area contributed by atoms with Gasteiger partial charge in [0.25, 0.3) is 5.91 Å². The van der Waals surface area contributed by atoms with Gasteiger partial charge in [-0.25, -0.2) is 0 Å². The van der Waals surface area contributed by atoms with E-state index >= 15 is 0 Å². The molecule has 1 fully saturated rings. The van der Waals surface area contributed by atoms with Crippen LogP contribution in [0.15, 0.2) is 29.8 Å². The fourth-order valence-electron chi connectivity index (χ4n) is 1.70. The van der Waals surface area contributed by atoms with Crippen molar-refractivity contribution in [3.8, 4) is 0 Å². The summed E-state index contributed by atoms with van der Waals surface area (Å²) in [5.41, 5.74) is 0.0989.